The summed E-state index contributed by atoms with van der Waals surface area (Å²) in [7, 11) is 1.75. The zero-order valence-electron chi connectivity index (χ0n) is 14.7. The average molecular weight is 365 g/mol. The molecule has 0 bridgehead atoms. The van der Waals surface area contributed by atoms with E-state index in [-0.39, 0.29) is 18.0 Å². The number of likely N-dealkylation sites (N-methyl/N-ethyl adjacent to an activating group) is 1. The van der Waals surface area contributed by atoms with Crippen molar-refractivity contribution in [1.82, 2.24) is 14.9 Å². The van der Waals surface area contributed by atoms with Crippen molar-refractivity contribution >= 4 is 28.4 Å². The molecule has 0 aliphatic rings. The second kappa shape index (κ2) is 7.79. The molecular formula is C19H19N5O3. The molecule has 0 spiro atoms. The highest BCUT2D eigenvalue weighted by Gasteiger charge is 2.10. The van der Waals surface area contributed by atoms with Crippen LogP contribution >= 0.6 is 0 Å². The van der Waals surface area contributed by atoms with Crippen molar-refractivity contribution in [1.29, 1.82) is 0 Å². The van der Waals surface area contributed by atoms with Crippen LogP contribution in [-0.4, -0.2) is 40.3 Å². The molecule has 2 amide bonds. The van der Waals surface area contributed by atoms with E-state index < -0.39 is 5.91 Å². The van der Waals surface area contributed by atoms with Crippen LogP contribution in [0, 0.1) is 0 Å². The lowest BCUT2D eigenvalue weighted by molar-refractivity contribution is -0.117. The van der Waals surface area contributed by atoms with Crippen molar-refractivity contribution in [2.45, 2.75) is 6.54 Å². The monoisotopic (exact) mass is 365 g/mol. The quantitative estimate of drug-likeness (QED) is 0.604. The Bertz CT molecular complexity index is 1040. The fourth-order valence-electron chi connectivity index (χ4n) is 2.68. The van der Waals surface area contributed by atoms with Gasteiger partial charge in [-0.2, -0.15) is 0 Å². The Morgan fingerprint density at radius 2 is 1.85 bits per heavy atom. The van der Waals surface area contributed by atoms with E-state index in [1.165, 1.54) is 0 Å². The maximum atomic E-state index is 12.2. The number of primary amides is 1. The molecule has 0 saturated carbocycles. The number of aromatic nitrogens is 2. The number of carbonyl (C=O) groups excluding carboxylic acids is 2. The second-order valence-corrected chi connectivity index (χ2v) is 6.19. The van der Waals surface area contributed by atoms with E-state index in [0.717, 1.165) is 0 Å². The highest BCUT2D eigenvalue weighted by Crippen LogP contribution is 2.10. The maximum Gasteiger partial charge on any atom is 0.258 e. The molecule has 0 aliphatic heterocycles. The Morgan fingerprint density at radius 1 is 1.15 bits per heavy atom. The third-order valence-corrected chi connectivity index (χ3v) is 3.95. The molecule has 2 aromatic carbocycles. The summed E-state index contributed by atoms with van der Waals surface area (Å²) in [4.78, 5) is 44.2. The predicted molar refractivity (Wildman–Crippen MR) is 102 cm³/mol. The molecule has 0 fully saturated rings. The number of rotatable bonds is 6. The Morgan fingerprint density at radius 3 is 2.56 bits per heavy atom. The van der Waals surface area contributed by atoms with Gasteiger partial charge in [-0.05, 0) is 43.4 Å². The van der Waals surface area contributed by atoms with E-state index in [1.807, 2.05) is 6.07 Å². The highest BCUT2D eigenvalue weighted by atomic mass is 16.2. The predicted octanol–water partition coefficient (Wildman–Crippen LogP) is 1.09. The topological polar surface area (TPSA) is 121 Å². The molecule has 4 N–H and O–H groups in total. The van der Waals surface area contributed by atoms with Gasteiger partial charge in [-0.1, -0.05) is 12.1 Å². The number of nitrogens with two attached hydrogens (primary N) is 1. The van der Waals surface area contributed by atoms with E-state index in [2.05, 4.69) is 15.3 Å². The summed E-state index contributed by atoms with van der Waals surface area (Å²) < 4.78 is 0. The first kappa shape index (κ1) is 18.3. The van der Waals surface area contributed by atoms with Gasteiger partial charge >= 0.3 is 0 Å². The normalized spacial score (nSPS) is 10.9. The summed E-state index contributed by atoms with van der Waals surface area (Å²) in [5.74, 6) is -0.267. The molecule has 0 saturated heterocycles. The second-order valence-electron chi connectivity index (χ2n) is 6.19. The summed E-state index contributed by atoms with van der Waals surface area (Å²) in [5.41, 5.74) is 6.53. The summed E-state index contributed by atoms with van der Waals surface area (Å²) >= 11 is 0. The number of amides is 2. The lowest BCUT2D eigenvalue weighted by atomic mass is 10.2. The van der Waals surface area contributed by atoms with E-state index in [1.54, 1.807) is 54.4 Å². The number of para-hydroxylation sites is 1. The molecular weight excluding hydrogens is 346 g/mol. The molecule has 3 aromatic rings. The smallest absolute Gasteiger partial charge is 0.258 e. The van der Waals surface area contributed by atoms with Crippen molar-refractivity contribution in [3.05, 3.63) is 70.3 Å². The molecule has 0 aliphatic carbocycles. The standard InChI is InChI=1S/C19H19N5O3/c1-24(10-16-22-15-5-3-2-4-14(15)19(27)23-16)11-17(25)21-13-8-6-12(7-9-13)18(20)26/h2-9H,10-11H2,1H3,(H2,20,26)(H,21,25)(H,22,23,27). The number of H-pyrrole nitrogens is 1. The SMILES string of the molecule is CN(CC(=O)Nc1ccc(C(N)=O)cc1)Cc1nc2ccccc2c(=O)[nH]1. The molecule has 1 heterocycles. The number of hydrogen-bond donors (Lipinski definition) is 3. The lowest BCUT2D eigenvalue weighted by Gasteiger charge is -2.16. The van der Waals surface area contributed by atoms with Gasteiger partial charge in [-0.15, -0.1) is 0 Å². The number of hydrogen-bond acceptors (Lipinski definition) is 5. The maximum absolute atomic E-state index is 12.2. The van der Waals surface area contributed by atoms with Crippen LogP contribution in [0.3, 0.4) is 0 Å². The fourth-order valence-corrected chi connectivity index (χ4v) is 2.68. The van der Waals surface area contributed by atoms with Gasteiger partial charge < -0.3 is 16.0 Å². The highest BCUT2D eigenvalue weighted by molar-refractivity contribution is 5.95. The van der Waals surface area contributed by atoms with Gasteiger partial charge in [0.1, 0.15) is 5.82 Å². The summed E-state index contributed by atoms with van der Waals surface area (Å²) in [5, 5.41) is 3.27. The van der Waals surface area contributed by atoms with Crippen LogP contribution in [0.15, 0.2) is 53.3 Å². The van der Waals surface area contributed by atoms with Crippen LogP contribution in [0.5, 0.6) is 0 Å². The molecule has 3 rings (SSSR count). The first-order valence-corrected chi connectivity index (χ1v) is 8.28. The summed E-state index contributed by atoms with van der Waals surface area (Å²) in [6, 6.07) is 13.4. The van der Waals surface area contributed by atoms with E-state index in [0.29, 0.717) is 34.5 Å². The molecule has 0 radical (unpaired) electrons. The van der Waals surface area contributed by atoms with E-state index in [9.17, 15) is 14.4 Å². The minimum atomic E-state index is -0.524. The molecule has 138 valence electrons. The van der Waals surface area contributed by atoms with Crippen LogP contribution in [0.2, 0.25) is 0 Å². The molecule has 1 aromatic heterocycles. The van der Waals surface area contributed by atoms with Crippen molar-refractivity contribution in [2.24, 2.45) is 5.73 Å². The largest absolute Gasteiger partial charge is 0.366 e. The number of anilines is 1. The van der Waals surface area contributed by atoms with Gasteiger partial charge in [-0.3, -0.25) is 19.3 Å². The molecule has 8 heteroatoms. The van der Waals surface area contributed by atoms with Gasteiger partial charge in [0, 0.05) is 11.3 Å². The van der Waals surface area contributed by atoms with Crippen molar-refractivity contribution in [2.75, 3.05) is 18.9 Å². The first-order chi connectivity index (χ1) is 12.9. The molecule has 0 atom stereocenters. The van der Waals surface area contributed by atoms with Crippen molar-refractivity contribution < 1.29 is 9.59 Å². The number of fused-ring (bicyclic) bond motifs is 1. The third-order valence-electron chi connectivity index (χ3n) is 3.95. The summed E-state index contributed by atoms with van der Waals surface area (Å²) in [6.07, 6.45) is 0. The number of carbonyl (C=O) groups is 2. The van der Waals surface area contributed by atoms with Crippen molar-refractivity contribution in [3.63, 3.8) is 0 Å². The lowest BCUT2D eigenvalue weighted by Crippen LogP contribution is -2.31. The number of nitrogens with zero attached hydrogens (tertiary/aromatic N) is 2. The Balaban J connectivity index is 1.61. The number of aromatic amines is 1. The molecule has 0 unspecified atom stereocenters. The van der Waals surface area contributed by atoms with Crippen LogP contribution < -0.4 is 16.6 Å². The van der Waals surface area contributed by atoms with Gasteiger partial charge in [0.05, 0.1) is 24.0 Å². The van der Waals surface area contributed by atoms with Gasteiger partial charge in [0.25, 0.3) is 5.56 Å². The minimum absolute atomic E-state index is 0.105. The first-order valence-electron chi connectivity index (χ1n) is 8.28. The van der Waals surface area contributed by atoms with Crippen molar-refractivity contribution in [3.8, 4) is 0 Å². The van der Waals surface area contributed by atoms with Gasteiger partial charge in [0.2, 0.25) is 11.8 Å². The van der Waals surface area contributed by atoms with E-state index in [4.69, 9.17) is 5.73 Å². The summed E-state index contributed by atoms with van der Waals surface area (Å²) in [6.45, 7) is 0.419. The zero-order chi connectivity index (χ0) is 19.4. The van der Waals surface area contributed by atoms with Crippen LogP contribution in [-0.2, 0) is 11.3 Å². The van der Waals surface area contributed by atoms with Gasteiger partial charge in [0.15, 0.2) is 0 Å². The Hall–Kier alpha value is -3.52. The Labute approximate surface area is 155 Å². The third kappa shape index (κ3) is 4.56. The minimum Gasteiger partial charge on any atom is -0.366 e. The van der Waals surface area contributed by atoms with Crippen LogP contribution in [0.4, 0.5) is 5.69 Å². The van der Waals surface area contributed by atoms with Crippen LogP contribution in [0.25, 0.3) is 10.9 Å². The zero-order valence-corrected chi connectivity index (χ0v) is 14.7. The number of benzene rings is 2. The number of nitrogens with one attached hydrogen (secondary N) is 2. The molecule has 27 heavy (non-hydrogen) atoms. The fraction of sp³-hybridized carbons (Fsp3) is 0.158. The Kier molecular flexibility index (Phi) is 5.28. The average Bonchev–Trinajstić information content (AvgIpc) is 2.62. The molecule has 8 nitrogen and oxygen atoms in total. The van der Waals surface area contributed by atoms with Crippen LogP contribution in [0.1, 0.15) is 16.2 Å². The van der Waals surface area contributed by atoms with E-state index >= 15 is 0 Å². The van der Waals surface area contributed by atoms with Gasteiger partial charge in [-0.25, -0.2) is 4.98 Å².